The number of carbonyl (C=O) groups excluding carboxylic acids is 1. The molecule has 0 saturated heterocycles. The van der Waals surface area contributed by atoms with E-state index < -0.39 is 7.60 Å². The normalized spacial score (nSPS) is 13.0. The van der Waals surface area contributed by atoms with Gasteiger partial charge in [0.25, 0.3) is 0 Å². The van der Waals surface area contributed by atoms with Gasteiger partial charge in [0.2, 0.25) is 0 Å². The maximum absolute atomic E-state index is 10.9. The van der Waals surface area contributed by atoms with Crippen LogP contribution >= 0.6 is 7.60 Å². The van der Waals surface area contributed by atoms with Crippen molar-refractivity contribution in [3.63, 3.8) is 0 Å². The van der Waals surface area contributed by atoms with E-state index in [4.69, 9.17) is 4.74 Å². The molecule has 0 fully saturated rings. The Morgan fingerprint density at radius 1 is 0.852 bits per heavy atom. The molecule has 0 heterocycles. The molecule has 0 aromatic rings. The summed E-state index contributed by atoms with van der Waals surface area (Å²) in [6.07, 6.45) is 4.45. The molecule has 1 atom stereocenters. The third-order valence-corrected chi connectivity index (χ3v) is 3.95. The molecular formula is C21H46O5P-. The Morgan fingerprint density at radius 2 is 1.26 bits per heavy atom. The number of hydrogen-bond acceptors (Lipinski definition) is 5. The first-order valence-corrected chi connectivity index (χ1v) is 12.3. The van der Waals surface area contributed by atoms with Gasteiger partial charge in [-0.1, -0.05) is 75.2 Å². The van der Waals surface area contributed by atoms with Gasteiger partial charge in [0.05, 0.1) is 19.1 Å². The van der Waals surface area contributed by atoms with Crippen molar-refractivity contribution in [2.75, 3.05) is 19.9 Å². The largest absolute Gasteiger partial charge is 0.779 e. The minimum absolute atomic E-state index is 0.00200. The molecule has 0 aliphatic heterocycles. The van der Waals surface area contributed by atoms with E-state index in [0.29, 0.717) is 25.0 Å². The molecule has 0 radical (unpaired) electrons. The summed E-state index contributed by atoms with van der Waals surface area (Å²) in [6, 6.07) is 0. The van der Waals surface area contributed by atoms with Crippen LogP contribution in [0.3, 0.4) is 0 Å². The molecule has 6 heteroatoms. The fourth-order valence-corrected chi connectivity index (χ4v) is 2.03. The van der Waals surface area contributed by atoms with E-state index in [1.54, 1.807) is 0 Å². The van der Waals surface area contributed by atoms with Gasteiger partial charge in [0.15, 0.2) is 0 Å². The maximum Gasteiger partial charge on any atom is 0.308 e. The highest BCUT2D eigenvalue weighted by Gasteiger charge is 2.07. The Labute approximate surface area is 169 Å². The van der Waals surface area contributed by atoms with E-state index in [1.807, 2.05) is 27.7 Å². The summed E-state index contributed by atoms with van der Waals surface area (Å²) >= 11 is 0. The minimum Gasteiger partial charge on any atom is -0.779 e. The molecule has 0 saturated carbocycles. The van der Waals surface area contributed by atoms with Gasteiger partial charge < -0.3 is 18.7 Å². The van der Waals surface area contributed by atoms with Crippen molar-refractivity contribution < 1.29 is 23.5 Å². The predicted molar refractivity (Wildman–Crippen MR) is 114 cm³/mol. The van der Waals surface area contributed by atoms with Crippen LogP contribution in [-0.4, -0.2) is 25.8 Å². The summed E-state index contributed by atoms with van der Waals surface area (Å²) in [4.78, 5) is 21.3. The highest BCUT2D eigenvalue weighted by atomic mass is 31.2. The monoisotopic (exact) mass is 409 g/mol. The van der Waals surface area contributed by atoms with Crippen molar-refractivity contribution >= 4 is 13.6 Å². The van der Waals surface area contributed by atoms with Gasteiger partial charge in [-0.3, -0.25) is 4.79 Å². The van der Waals surface area contributed by atoms with E-state index in [-0.39, 0.29) is 11.9 Å². The standard InChI is InChI=1S/C9H18O2.C6H15O3P.C6H14/c1-7(2)5-6-11-9(10)8(3)4;1-6(2)4-5-9-10(3,7)8;1-4-5-6(2)3/h7-8H,5-6H2,1-4H3;6H,4-5H2,1-3H3,(H,7,8);6H,4-5H2,1-3H3/p-1. The molecule has 5 nitrogen and oxygen atoms in total. The second kappa shape index (κ2) is 19.0. The maximum atomic E-state index is 10.9. The number of ether oxygens (including phenoxy) is 1. The lowest BCUT2D eigenvalue weighted by atomic mass is 10.1. The molecule has 1 unspecified atom stereocenters. The molecule has 0 spiro atoms. The zero-order valence-electron chi connectivity index (χ0n) is 19.5. The molecule has 0 amide bonds. The first kappa shape index (κ1) is 31.3. The minimum atomic E-state index is -3.47. The molecule has 0 rings (SSSR count). The average molecular weight is 410 g/mol. The van der Waals surface area contributed by atoms with Gasteiger partial charge in [-0.05, 0) is 30.6 Å². The highest BCUT2D eigenvalue weighted by molar-refractivity contribution is 7.50. The third kappa shape index (κ3) is 37.1. The predicted octanol–water partition coefficient (Wildman–Crippen LogP) is 5.91. The van der Waals surface area contributed by atoms with Gasteiger partial charge in [-0.2, -0.15) is 0 Å². The van der Waals surface area contributed by atoms with Crippen molar-refractivity contribution in [3.05, 3.63) is 0 Å². The molecular weight excluding hydrogens is 363 g/mol. The summed E-state index contributed by atoms with van der Waals surface area (Å²) in [7, 11) is -3.47. The number of esters is 1. The Bertz CT molecular complexity index is 373. The number of rotatable bonds is 10. The molecule has 27 heavy (non-hydrogen) atoms. The van der Waals surface area contributed by atoms with E-state index in [9.17, 15) is 14.3 Å². The van der Waals surface area contributed by atoms with Gasteiger partial charge in [0.1, 0.15) is 7.60 Å². The van der Waals surface area contributed by atoms with Crippen LogP contribution in [0.1, 0.15) is 88.0 Å². The zero-order chi connectivity index (χ0) is 22.0. The second-order valence-corrected chi connectivity index (χ2v) is 10.3. The summed E-state index contributed by atoms with van der Waals surface area (Å²) in [6.45, 7) is 20.7. The molecule has 0 aromatic heterocycles. The first-order chi connectivity index (χ1) is 12.2. The van der Waals surface area contributed by atoms with Crippen LogP contribution < -0.4 is 4.89 Å². The molecule has 0 aromatic carbocycles. The first-order valence-electron chi connectivity index (χ1n) is 10.3. The second-order valence-electron chi connectivity index (χ2n) is 8.47. The number of hydrogen-bond donors (Lipinski definition) is 0. The lowest BCUT2D eigenvalue weighted by Crippen LogP contribution is -2.13. The van der Waals surface area contributed by atoms with Crippen LogP contribution in [0.2, 0.25) is 0 Å². The van der Waals surface area contributed by atoms with Crippen molar-refractivity contribution in [2.45, 2.75) is 88.0 Å². The smallest absolute Gasteiger partial charge is 0.308 e. The zero-order valence-corrected chi connectivity index (χ0v) is 20.4. The lowest BCUT2D eigenvalue weighted by molar-refractivity contribution is -0.196. The molecule has 0 N–H and O–H groups in total. The van der Waals surface area contributed by atoms with Gasteiger partial charge >= 0.3 is 5.97 Å². The van der Waals surface area contributed by atoms with Gasteiger partial charge in [-0.25, -0.2) is 0 Å². The molecule has 0 aliphatic carbocycles. The highest BCUT2D eigenvalue weighted by Crippen LogP contribution is 2.31. The average Bonchev–Trinajstić information content (AvgIpc) is 2.45. The Kier molecular flexibility index (Phi) is 22.0. The number of carbonyl (C=O) groups is 1. The quantitative estimate of drug-likeness (QED) is 0.331. The van der Waals surface area contributed by atoms with Crippen LogP contribution in [0.25, 0.3) is 0 Å². The van der Waals surface area contributed by atoms with Crippen LogP contribution in [0, 0.1) is 23.7 Å². The Hall–Kier alpha value is -0.380. The van der Waals surface area contributed by atoms with Crippen molar-refractivity contribution in [3.8, 4) is 0 Å². The summed E-state index contributed by atoms with van der Waals surface area (Å²) in [5.74, 6) is 1.91. The fourth-order valence-electron chi connectivity index (χ4n) is 1.59. The van der Waals surface area contributed by atoms with E-state index in [0.717, 1.165) is 25.4 Å². The van der Waals surface area contributed by atoms with Gasteiger partial charge in [-0.15, -0.1) is 0 Å². The van der Waals surface area contributed by atoms with Crippen LogP contribution in [0.4, 0.5) is 0 Å². The van der Waals surface area contributed by atoms with Crippen molar-refractivity contribution in [1.82, 2.24) is 0 Å². The van der Waals surface area contributed by atoms with Crippen LogP contribution in [-0.2, 0) is 18.6 Å². The van der Waals surface area contributed by atoms with E-state index in [1.165, 1.54) is 12.8 Å². The molecule has 166 valence electrons. The topological polar surface area (TPSA) is 75.7 Å². The van der Waals surface area contributed by atoms with Crippen molar-refractivity contribution in [1.29, 1.82) is 0 Å². The Morgan fingerprint density at radius 3 is 1.52 bits per heavy atom. The van der Waals surface area contributed by atoms with E-state index >= 15 is 0 Å². The molecule has 0 bridgehead atoms. The molecule has 0 aliphatic rings. The fraction of sp³-hybridized carbons (Fsp3) is 0.952. The lowest BCUT2D eigenvalue weighted by Gasteiger charge is -2.18. The SMILES string of the molecule is CC(C)CCOC(=O)C(C)C.CC(C)CCOP(C)(=O)[O-].CCCC(C)C. The third-order valence-electron chi connectivity index (χ3n) is 3.30. The summed E-state index contributed by atoms with van der Waals surface area (Å²) < 4.78 is 19.9. The summed E-state index contributed by atoms with van der Waals surface area (Å²) in [5, 5.41) is 0. The van der Waals surface area contributed by atoms with Gasteiger partial charge in [0, 0.05) is 6.66 Å². The van der Waals surface area contributed by atoms with E-state index in [2.05, 4.69) is 39.1 Å². The Balaban J connectivity index is -0.000000334. The van der Waals surface area contributed by atoms with Crippen LogP contribution in [0.5, 0.6) is 0 Å². The van der Waals surface area contributed by atoms with Crippen molar-refractivity contribution in [2.24, 2.45) is 23.7 Å². The summed E-state index contributed by atoms with van der Waals surface area (Å²) in [5.41, 5.74) is 0. The van der Waals surface area contributed by atoms with Crippen LogP contribution in [0.15, 0.2) is 0 Å².